The molecule has 1 heterocycles. The van der Waals surface area contributed by atoms with Crippen LogP contribution in [0.25, 0.3) is 0 Å². The van der Waals surface area contributed by atoms with Crippen molar-refractivity contribution in [3.63, 3.8) is 0 Å². The van der Waals surface area contributed by atoms with Crippen molar-refractivity contribution in [1.29, 1.82) is 0 Å². The molecule has 64 valence electrons. The van der Waals surface area contributed by atoms with Crippen molar-refractivity contribution in [3.8, 4) is 0 Å². The third-order valence-electron chi connectivity index (χ3n) is 2.03. The van der Waals surface area contributed by atoms with Gasteiger partial charge in [0.15, 0.2) is 0 Å². The maximum absolute atomic E-state index is 4.37. The lowest BCUT2D eigenvalue weighted by Gasteiger charge is -2.23. The van der Waals surface area contributed by atoms with Crippen molar-refractivity contribution >= 4 is 27.7 Å². The highest BCUT2D eigenvalue weighted by atomic mass is 79.9. The normalized spacial score (nSPS) is 17.4. The molecular formula is C9H10BrNS. The van der Waals surface area contributed by atoms with E-state index in [-0.39, 0.29) is 0 Å². The zero-order chi connectivity index (χ0) is 8.39. The van der Waals surface area contributed by atoms with Crippen molar-refractivity contribution in [2.24, 2.45) is 0 Å². The quantitative estimate of drug-likeness (QED) is 0.738. The molecule has 1 aromatic heterocycles. The largest absolute Gasteiger partial charge is 0.235 e. The smallest absolute Gasteiger partial charge is 0.107 e. The van der Waals surface area contributed by atoms with Gasteiger partial charge in [0.1, 0.15) is 4.60 Å². The first-order valence-electron chi connectivity index (χ1n) is 4.14. The van der Waals surface area contributed by atoms with E-state index in [0.29, 0.717) is 0 Å². The van der Waals surface area contributed by atoms with Gasteiger partial charge in [-0.3, -0.25) is 0 Å². The summed E-state index contributed by atoms with van der Waals surface area (Å²) in [5.41, 5.74) is 0. The summed E-state index contributed by atoms with van der Waals surface area (Å²) >= 11 is 5.27. The van der Waals surface area contributed by atoms with E-state index in [1.807, 2.05) is 23.9 Å². The molecule has 0 aliphatic heterocycles. The van der Waals surface area contributed by atoms with Gasteiger partial charge in [-0.1, -0.05) is 12.5 Å². The van der Waals surface area contributed by atoms with Gasteiger partial charge in [-0.2, -0.15) is 0 Å². The summed E-state index contributed by atoms with van der Waals surface area (Å²) in [4.78, 5) is 4.37. The summed E-state index contributed by atoms with van der Waals surface area (Å²) < 4.78 is 0.937. The minimum atomic E-state index is 0.826. The molecule has 0 saturated heterocycles. The van der Waals surface area contributed by atoms with Crippen LogP contribution < -0.4 is 0 Å². The Morgan fingerprint density at radius 2 is 2.25 bits per heavy atom. The first kappa shape index (κ1) is 8.57. The first-order valence-corrected chi connectivity index (χ1v) is 5.81. The topological polar surface area (TPSA) is 12.9 Å². The molecule has 0 unspecified atom stereocenters. The second-order valence-electron chi connectivity index (χ2n) is 2.97. The number of halogens is 1. The van der Waals surface area contributed by atoms with Crippen LogP contribution in [0.5, 0.6) is 0 Å². The van der Waals surface area contributed by atoms with E-state index in [0.717, 1.165) is 14.9 Å². The van der Waals surface area contributed by atoms with E-state index in [9.17, 15) is 0 Å². The highest BCUT2D eigenvalue weighted by Crippen LogP contribution is 2.35. The molecule has 0 spiro atoms. The van der Waals surface area contributed by atoms with Gasteiger partial charge in [-0.15, -0.1) is 11.8 Å². The lowest BCUT2D eigenvalue weighted by Crippen LogP contribution is -2.12. The second-order valence-corrected chi connectivity index (χ2v) is 5.10. The van der Waals surface area contributed by atoms with E-state index in [4.69, 9.17) is 0 Å². The van der Waals surface area contributed by atoms with Gasteiger partial charge in [0, 0.05) is 5.25 Å². The van der Waals surface area contributed by atoms with E-state index in [2.05, 4.69) is 27.0 Å². The molecular weight excluding hydrogens is 234 g/mol. The standard InChI is InChI=1S/C9H10BrNS/c10-8-5-2-6-9(11-8)12-7-3-1-4-7/h2,5-7H,1,3-4H2. The molecule has 0 amide bonds. The number of hydrogen-bond acceptors (Lipinski definition) is 2. The zero-order valence-electron chi connectivity index (χ0n) is 6.66. The molecule has 1 aliphatic rings. The second kappa shape index (κ2) is 3.79. The Morgan fingerprint density at radius 1 is 1.42 bits per heavy atom. The van der Waals surface area contributed by atoms with E-state index in [1.165, 1.54) is 19.3 Å². The Hall–Kier alpha value is -0.0200. The van der Waals surface area contributed by atoms with E-state index >= 15 is 0 Å². The molecule has 0 atom stereocenters. The summed E-state index contributed by atoms with van der Waals surface area (Å²) in [7, 11) is 0. The molecule has 0 N–H and O–H groups in total. The highest BCUT2D eigenvalue weighted by Gasteiger charge is 2.18. The number of thioether (sulfide) groups is 1. The number of rotatable bonds is 2. The fraction of sp³-hybridized carbons (Fsp3) is 0.444. The average Bonchev–Trinajstić information content (AvgIpc) is 1.97. The monoisotopic (exact) mass is 243 g/mol. The Morgan fingerprint density at radius 3 is 2.83 bits per heavy atom. The van der Waals surface area contributed by atoms with Gasteiger partial charge < -0.3 is 0 Å². The zero-order valence-corrected chi connectivity index (χ0v) is 9.07. The number of pyridine rings is 1. The summed E-state index contributed by atoms with van der Waals surface area (Å²) in [6.07, 6.45) is 4.11. The molecule has 1 aliphatic carbocycles. The van der Waals surface area contributed by atoms with E-state index < -0.39 is 0 Å². The van der Waals surface area contributed by atoms with Crippen LogP contribution in [0.4, 0.5) is 0 Å². The van der Waals surface area contributed by atoms with Gasteiger partial charge in [-0.25, -0.2) is 4.98 Å². The average molecular weight is 244 g/mol. The minimum absolute atomic E-state index is 0.826. The molecule has 0 radical (unpaired) electrons. The molecule has 2 rings (SSSR count). The van der Waals surface area contributed by atoms with Gasteiger partial charge in [0.25, 0.3) is 0 Å². The Labute approximate surface area is 85.1 Å². The number of nitrogens with zero attached hydrogens (tertiary/aromatic N) is 1. The van der Waals surface area contributed by atoms with Crippen LogP contribution in [0, 0.1) is 0 Å². The first-order chi connectivity index (χ1) is 5.84. The molecule has 1 aromatic rings. The fourth-order valence-electron chi connectivity index (χ4n) is 1.11. The van der Waals surface area contributed by atoms with Crippen LogP contribution in [0.15, 0.2) is 27.8 Å². The summed E-state index contributed by atoms with van der Waals surface area (Å²) in [6, 6.07) is 6.08. The van der Waals surface area contributed by atoms with Crippen molar-refractivity contribution in [3.05, 3.63) is 22.8 Å². The summed E-state index contributed by atoms with van der Waals surface area (Å²) in [5, 5.41) is 1.97. The van der Waals surface area contributed by atoms with Crippen LogP contribution in [0.1, 0.15) is 19.3 Å². The number of hydrogen-bond donors (Lipinski definition) is 0. The van der Waals surface area contributed by atoms with Crippen LogP contribution >= 0.6 is 27.7 Å². The highest BCUT2D eigenvalue weighted by molar-refractivity contribution is 9.10. The van der Waals surface area contributed by atoms with Gasteiger partial charge in [0.2, 0.25) is 0 Å². The van der Waals surface area contributed by atoms with Gasteiger partial charge in [0.05, 0.1) is 5.03 Å². The maximum Gasteiger partial charge on any atom is 0.107 e. The SMILES string of the molecule is Brc1cccc(SC2CCC2)n1. The van der Waals surface area contributed by atoms with Crippen molar-refractivity contribution in [2.75, 3.05) is 0 Å². The van der Waals surface area contributed by atoms with Crippen LogP contribution in [-0.4, -0.2) is 10.2 Å². The fourth-order valence-corrected chi connectivity index (χ4v) is 2.79. The third kappa shape index (κ3) is 2.02. The lowest BCUT2D eigenvalue weighted by atomic mass is 10.0. The molecule has 1 fully saturated rings. The lowest BCUT2D eigenvalue weighted by molar-refractivity contribution is 0.521. The molecule has 1 nitrogen and oxygen atoms in total. The number of aromatic nitrogens is 1. The maximum atomic E-state index is 4.37. The van der Waals surface area contributed by atoms with Crippen molar-refractivity contribution in [1.82, 2.24) is 4.98 Å². The summed E-state index contributed by atoms with van der Waals surface area (Å²) in [5.74, 6) is 0. The minimum Gasteiger partial charge on any atom is -0.235 e. The van der Waals surface area contributed by atoms with E-state index in [1.54, 1.807) is 0 Å². The predicted octanol–water partition coefficient (Wildman–Crippen LogP) is 3.49. The van der Waals surface area contributed by atoms with Crippen LogP contribution in [0.3, 0.4) is 0 Å². The van der Waals surface area contributed by atoms with Crippen LogP contribution in [-0.2, 0) is 0 Å². The summed E-state index contributed by atoms with van der Waals surface area (Å²) in [6.45, 7) is 0. The third-order valence-corrected chi connectivity index (χ3v) is 3.74. The van der Waals surface area contributed by atoms with Gasteiger partial charge in [-0.05, 0) is 40.9 Å². The molecule has 1 saturated carbocycles. The van der Waals surface area contributed by atoms with Crippen LogP contribution in [0.2, 0.25) is 0 Å². The van der Waals surface area contributed by atoms with Crippen molar-refractivity contribution < 1.29 is 0 Å². The molecule has 0 aromatic carbocycles. The predicted molar refractivity (Wildman–Crippen MR) is 55.4 cm³/mol. The Bertz CT molecular complexity index is 273. The van der Waals surface area contributed by atoms with Crippen molar-refractivity contribution in [2.45, 2.75) is 29.5 Å². The Kier molecular flexibility index (Phi) is 2.71. The molecule has 3 heteroatoms. The Balaban J connectivity index is 2.02. The molecule has 0 bridgehead atoms. The van der Waals surface area contributed by atoms with Gasteiger partial charge >= 0.3 is 0 Å². The molecule has 12 heavy (non-hydrogen) atoms.